The minimum Gasteiger partial charge on any atom is -0.459 e. The molecule has 0 amide bonds. The number of guanidine groups is 1. The largest absolute Gasteiger partial charge is 0.459 e. The first kappa shape index (κ1) is 22.7. The normalized spacial score (nSPS) is 13.8. The van der Waals surface area contributed by atoms with Crippen LogP contribution in [-0.4, -0.2) is 61.2 Å². The number of ether oxygens (including phenoxy) is 1. The summed E-state index contributed by atoms with van der Waals surface area (Å²) in [4.78, 5) is 18.5. The van der Waals surface area contributed by atoms with Crippen LogP contribution in [0.1, 0.15) is 61.3 Å². The molecule has 0 fully saturated rings. The van der Waals surface area contributed by atoms with Gasteiger partial charge in [-0.3, -0.25) is 4.79 Å². The average Bonchev–Trinajstić information content (AvgIpc) is 2.48. The van der Waals surface area contributed by atoms with Crippen LogP contribution in [0.3, 0.4) is 0 Å². The van der Waals surface area contributed by atoms with Gasteiger partial charge in [0.1, 0.15) is 12.1 Å². The highest BCUT2D eigenvalue weighted by Gasteiger charge is 2.16. The fourth-order valence-corrected chi connectivity index (χ4v) is 2.30. The number of hydrogen-bond acceptors (Lipinski definition) is 4. The van der Waals surface area contributed by atoms with E-state index in [0.29, 0.717) is 12.0 Å². The van der Waals surface area contributed by atoms with Crippen molar-refractivity contribution in [1.82, 2.24) is 15.5 Å². The molecule has 0 bridgehead atoms. The number of carbonyl (C=O) groups is 1. The van der Waals surface area contributed by atoms with Crippen molar-refractivity contribution in [1.29, 1.82) is 0 Å². The van der Waals surface area contributed by atoms with E-state index in [1.165, 1.54) is 0 Å². The molecule has 0 aliphatic carbocycles. The zero-order valence-corrected chi connectivity index (χ0v) is 16.7. The maximum absolute atomic E-state index is 11.8. The molecule has 0 rings (SSSR count). The third-order valence-electron chi connectivity index (χ3n) is 3.52. The molecule has 0 heterocycles. The number of esters is 1. The third-order valence-corrected chi connectivity index (χ3v) is 3.52. The molecule has 142 valence electrons. The number of nitrogens with zero attached hydrogens (tertiary/aromatic N) is 2. The SMILES string of the molecule is CCNC(=NCC(=O)OC(C)(C)C)NC(C)CCCN(CC)CC. The Kier molecular flexibility index (Phi) is 11.5. The quantitative estimate of drug-likeness (QED) is 0.362. The number of nitrogens with one attached hydrogen (secondary N) is 2. The van der Waals surface area contributed by atoms with Crippen LogP contribution in [0.5, 0.6) is 0 Å². The molecule has 0 saturated heterocycles. The van der Waals surface area contributed by atoms with Crippen LogP contribution in [0.15, 0.2) is 4.99 Å². The Morgan fingerprint density at radius 3 is 2.33 bits per heavy atom. The summed E-state index contributed by atoms with van der Waals surface area (Å²) >= 11 is 0. The molecule has 0 aromatic rings. The minimum atomic E-state index is -0.476. The lowest BCUT2D eigenvalue weighted by Gasteiger charge is -2.21. The topological polar surface area (TPSA) is 66.0 Å². The molecule has 24 heavy (non-hydrogen) atoms. The van der Waals surface area contributed by atoms with E-state index in [2.05, 4.69) is 41.3 Å². The van der Waals surface area contributed by atoms with E-state index in [4.69, 9.17) is 4.74 Å². The standard InChI is InChI=1S/C18H38N4O2/c1-8-19-17(20-14-16(23)24-18(5,6)7)21-15(4)12-11-13-22(9-2)10-3/h15H,8-14H2,1-7H3,(H2,19,20,21). The van der Waals surface area contributed by atoms with E-state index < -0.39 is 5.60 Å². The summed E-state index contributed by atoms with van der Waals surface area (Å²) in [5.74, 6) is 0.354. The van der Waals surface area contributed by atoms with Gasteiger partial charge in [0, 0.05) is 12.6 Å². The van der Waals surface area contributed by atoms with Crippen LogP contribution in [-0.2, 0) is 9.53 Å². The van der Waals surface area contributed by atoms with E-state index in [-0.39, 0.29) is 12.5 Å². The molecule has 1 atom stereocenters. The minimum absolute atomic E-state index is 0.0266. The molecule has 0 spiro atoms. The molecule has 6 nitrogen and oxygen atoms in total. The van der Waals surface area contributed by atoms with Gasteiger partial charge in [0.05, 0.1) is 0 Å². The van der Waals surface area contributed by atoms with E-state index in [0.717, 1.165) is 39.0 Å². The zero-order chi connectivity index (χ0) is 18.6. The van der Waals surface area contributed by atoms with Crippen molar-refractivity contribution < 1.29 is 9.53 Å². The Morgan fingerprint density at radius 2 is 1.83 bits per heavy atom. The van der Waals surface area contributed by atoms with Crippen molar-refractivity contribution in [3.63, 3.8) is 0 Å². The van der Waals surface area contributed by atoms with Crippen LogP contribution in [0, 0.1) is 0 Å². The summed E-state index contributed by atoms with van der Waals surface area (Å²) in [7, 11) is 0. The van der Waals surface area contributed by atoms with Crippen molar-refractivity contribution in [3.8, 4) is 0 Å². The molecule has 0 aliphatic rings. The zero-order valence-electron chi connectivity index (χ0n) is 16.7. The molecule has 2 N–H and O–H groups in total. The molecule has 0 aromatic heterocycles. The van der Waals surface area contributed by atoms with Gasteiger partial charge in [0.15, 0.2) is 5.96 Å². The van der Waals surface area contributed by atoms with Gasteiger partial charge < -0.3 is 20.3 Å². The molecule has 0 saturated carbocycles. The average molecular weight is 343 g/mol. The Labute approximate surface area is 148 Å². The van der Waals surface area contributed by atoms with Gasteiger partial charge in [-0.25, -0.2) is 4.99 Å². The Hall–Kier alpha value is -1.30. The fourth-order valence-electron chi connectivity index (χ4n) is 2.30. The summed E-state index contributed by atoms with van der Waals surface area (Å²) in [5, 5.41) is 6.53. The first-order chi connectivity index (χ1) is 11.2. The smallest absolute Gasteiger partial charge is 0.328 e. The lowest BCUT2D eigenvalue weighted by Crippen LogP contribution is -2.43. The highest BCUT2D eigenvalue weighted by molar-refractivity contribution is 5.83. The monoisotopic (exact) mass is 342 g/mol. The predicted molar refractivity (Wildman–Crippen MR) is 101 cm³/mol. The summed E-state index contributed by atoms with van der Waals surface area (Å²) in [6.45, 7) is 18.2. The van der Waals surface area contributed by atoms with E-state index >= 15 is 0 Å². The van der Waals surface area contributed by atoms with Gasteiger partial charge in [0.2, 0.25) is 0 Å². The fraction of sp³-hybridized carbons (Fsp3) is 0.889. The van der Waals surface area contributed by atoms with Crippen molar-refractivity contribution in [2.45, 2.75) is 73.0 Å². The third kappa shape index (κ3) is 12.2. The van der Waals surface area contributed by atoms with Crippen LogP contribution >= 0.6 is 0 Å². The second kappa shape index (κ2) is 12.1. The highest BCUT2D eigenvalue weighted by atomic mass is 16.6. The van der Waals surface area contributed by atoms with E-state index in [1.54, 1.807) is 0 Å². The Bertz CT molecular complexity index is 374. The predicted octanol–water partition coefficient (Wildman–Crippen LogP) is 2.39. The Balaban J connectivity index is 4.34. The maximum Gasteiger partial charge on any atom is 0.328 e. The molecule has 0 aromatic carbocycles. The van der Waals surface area contributed by atoms with Gasteiger partial charge in [-0.1, -0.05) is 13.8 Å². The van der Waals surface area contributed by atoms with Gasteiger partial charge in [-0.2, -0.15) is 0 Å². The molecule has 0 radical (unpaired) electrons. The second-order valence-corrected chi connectivity index (χ2v) is 7.00. The number of aliphatic imine (C=N–C) groups is 1. The first-order valence-corrected chi connectivity index (χ1v) is 9.20. The molecule has 6 heteroatoms. The van der Waals surface area contributed by atoms with Crippen molar-refractivity contribution in [3.05, 3.63) is 0 Å². The Morgan fingerprint density at radius 1 is 1.21 bits per heavy atom. The summed E-state index contributed by atoms with van der Waals surface area (Å²) in [6, 6.07) is 0.303. The van der Waals surface area contributed by atoms with E-state index in [1.807, 2.05) is 27.7 Å². The molecule has 1 unspecified atom stereocenters. The molecular formula is C18H38N4O2. The molecule has 0 aliphatic heterocycles. The number of rotatable bonds is 10. The van der Waals surface area contributed by atoms with Crippen LogP contribution in [0.4, 0.5) is 0 Å². The lowest BCUT2D eigenvalue weighted by atomic mass is 10.2. The van der Waals surface area contributed by atoms with Crippen molar-refractivity contribution >= 4 is 11.9 Å². The summed E-state index contributed by atoms with van der Waals surface area (Å²) in [5.41, 5.74) is -0.476. The van der Waals surface area contributed by atoms with E-state index in [9.17, 15) is 4.79 Å². The number of hydrogen-bond donors (Lipinski definition) is 2. The number of carbonyl (C=O) groups excluding carboxylic acids is 1. The van der Waals surface area contributed by atoms with Crippen molar-refractivity contribution in [2.24, 2.45) is 4.99 Å². The van der Waals surface area contributed by atoms with Gasteiger partial charge in [-0.05, 0) is 67.1 Å². The maximum atomic E-state index is 11.8. The first-order valence-electron chi connectivity index (χ1n) is 9.20. The van der Waals surface area contributed by atoms with Gasteiger partial charge in [-0.15, -0.1) is 0 Å². The van der Waals surface area contributed by atoms with Crippen LogP contribution in [0.2, 0.25) is 0 Å². The summed E-state index contributed by atoms with van der Waals surface area (Å²) < 4.78 is 5.28. The van der Waals surface area contributed by atoms with Gasteiger partial charge in [0.25, 0.3) is 0 Å². The van der Waals surface area contributed by atoms with Crippen LogP contribution in [0.25, 0.3) is 0 Å². The lowest BCUT2D eigenvalue weighted by molar-refractivity contribution is -0.152. The van der Waals surface area contributed by atoms with Gasteiger partial charge >= 0.3 is 5.97 Å². The van der Waals surface area contributed by atoms with Crippen LogP contribution < -0.4 is 10.6 Å². The molecular weight excluding hydrogens is 304 g/mol. The van der Waals surface area contributed by atoms with Crippen molar-refractivity contribution in [2.75, 3.05) is 32.7 Å². The highest BCUT2D eigenvalue weighted by Crippen LogP contribution is 2.06. The second-order valence-electron chi connectivity index (χ2n) is 7.00. The summed E-state index contributed by atoms with van der Waals surface area (Å²) in [6.07, 6.45) is 2.20.